The number of rotatable bonds is 10. The third kappa shape index (κ3) is 6.00. The number of Topliss-reactive ketones (excluding diaryl/α,β-unsaturated/α-hetero) is 1. The minimum atomic E-state index is -0.232. The quantitative estimate of drug-likeness (QED) is 0.571. The smallest absolute Gasteiger partial charge is 0.265 e. The lowest BCUT2D eigenvalue weighted by Gasteiger charge is -2.29. The van der Waals surface area contributed by atoms with E-state index in [1.165, 1.54) is 0 Å². The van der Waals surface area contributed by atoms with Gasteiger partial charge in [0, 0.05) is 30.6 Å². The number of benzene rings is 2. The second-order valence-electron chi connectivity index (χ2n) is 7.73. The van der Waals surface area contributed by atoms with E-state index in [2.05, 4.69) is 5.32 Å². The predicted octanol–water partition coefficient (Wildman–Crippen LogP) is 2.99. The van der Waals surface area contributed by atoms with E-state index in [9.17, 15) is 14.4 Å². The van der Waals surface area contributed by atoms with Gasteiger partial charge in [-0.05, 0) is 50.6 Å². The number of nitrogens with one attached hydrogen (secondary N) is 1. The van der Waals surface area contributed by atoms with Gasteiger partial charge in [0.2, 0.25) is 5.91 Å². The molecule has 0 aliphatic carbocycles. The molecule has 0 saturated carbocycles. The zero-order valence-corrected chi connectivity index (χ0v) is 18.6. The Balaban J connectivity index is 1.66. The molecule has 0 fully saturated rings. The van der Waals surface area contributed by atoms with Gasteiger partial charge in [-0.3, -0.25) is 14.4 Å². The maximum atomic E-state index is 12.7. The van der Waals surface area contributed by atoms with Crippen LogP contribution in [0.4, 0.5) is 5.69 Å². The third-order valence-electron chi connectivity index (χ3n) is 4.87. The van der Waals surface area contributed by atoms with Crippen molar-refractivity contribution in [3.63, 3.8) is 0 Å². The summed E-state index contributed by atoms with van der Waals surface area (Å²) in [4.78, 5) is 38.6. The lowest BCUT2D eigenvalue weighted by atomic mass is 10.1. The van der Waals surface area contributed by atoms with Gasteiger partial charge in [0.1, 0.15) is 17.2 Å². The highest BCUT2D eigenvalue weighted by Crippen LogP contribution is 2.33. The first kappa shape index (κ1) is 23.1. The maximum absolute atomic E-state index is 12.7. The first-order valence-electron chi connectivity index (χ1n) is 10.5. The molecule has 170 valence electrons. The van der Waals surface area contributed by atoms with Gasteiger partial charge in [0.25, 0.3) is 5.91 Å². The van der Waals surface area contributed by atoms with E-state index >= 15 is 0 Å². The number of nitrogens with zero attached hydrogens (tertiary/aromatic N) is 1. The van der Waals surface area contributed by atoms with E-state index in [0.29, 0.717) is 47.9 Å². The van der Waals surface area contributed by atoms with Gasteiger partial charge in [0.15, 0.2) is 19.0 Å². The lowest BCUT2D eigenvalue weighted by molar-refractivity contribution is -0.123. The minimum absolute atomic E-state index is 0.0560. The van der Waals surface area contributed by atoms with Crippen LogP contribution >= 0.6 is 0 Å². The maximum Gasteiger partial charge on any atom is 0.265 e. The molecular formula is C24H28N2O6. The van der Waals surface area contributed by atoms with Gasteiger partial charge in [-0.1, -0.05) is 6.07 Å². The van der Waals surface area contributed by atoms with Crippen LogP contribution in [0.15, 0.2) is 42.5 Å². The summed E-state index contributed by atoms with van der Waals surface area (Å²) in [6, 6.07) is 12.0. The number of hydrogen-bond acceptors (Lipinski definition) is 6. The Morgan fingerprint density at radius 1 is 1.16 bits per heavy atom. The van der Waals surface area contributed by atoms with Crippen LogP contribution in [0.5, 0.6) is 17.2 Å². The summed E-state index contributed by atoms with van der Waals surface area (Å²) in [6.07, 6.45) is 0.812. The fourth-order valence-corrected chi connectivity index (χ4v) is 3.34. The number of hydrogen-bond donors (Lipinski definition) is 1. The third-order valence-corrected chi connectivity index (χ3v) is 4.87. The van der Waals surface area contributed by atoms with Crippen molar-refractivity contribution >= 4 is 23.3 Å². The van der Waals surface area contributed by atoms with Gasteiger partial charge in [0.05, 0.1) is 12.8 Å². The van der Waals surface area contributed by atoms with Gasteiger partial charge < -0.3 is 24.4 Å². The van der Waals surface area contributed by atoms with Crippen LogP contribution in [-0.2, 0) is 9.59 Å². The minimum Gasteiger partial charge on any atom is -0.497 e. The van der Waals surface area contributed by atoms with Crippen LogP contribution in [-0.4, -0.2) is 50.5 Å². The molecule has 3 rings (SSSR count). The first-order valence-corrected chi connectivity index (χ1v) is 10.5. The molecule has 1 N–H and O–H groups in total. The summed E-state index contributed by atoms with van der Waals surface area (Å²) in [6.45, 7) is 3.93. The van der Waals surface area contributed by atoms with Crippen LogP contribution in [0.25, 0.3) is 0 Å². The van der Waals surface area contributed by atoms with Crippen molar-refractivity contribution in [2.75, 3.05) is 31.8 Å². The Morgan fingerprint density at radius 3 is 2.69 bits per heavy atom. The van der Waals surface area contributed by atoms with Crippen LogP contribution in [0.2, 0.25) is 0 Å². The van der Waals surface area contributed by atoms with Crippen molar-refractivity contribution in [2.45, 2.75) is 32.7 Å². The highest BCUT2D eigenvalue weighted by Gasteiger charge is 2.26. The topological polar surface area (TPSA) is 94.2 Å². The summed E-state index contributed by atoms with van der Waals surface area (Å²) in [5.74, 6) is 1.19. The molecule has 0 unspecified atom stereocenters. The zero-order valence-electron chi connectivity index (χ0n) is 18.6. The molecule has 0 aromatic heterocycles. The Bertz CT molecular complexity index is 988. The molecule has 32 heavy (non-hydrogen) atoms. The van der Waals surface area contributed by atoms with Crippen molar-refractivity contribution in [1.29, 1.82) is 0 Å². The van der Waals surface area contributed by atoms with Crippen LogP contribution < -0.4 is 24.4 Å². The van der Waals surface area contributed by atoms with Gasteiger partial charge in [-0.25, -0.2) is 0 Å². The van der Waals surface area contributed by atoms with Gasteiger partial charge >= 0.3 is 0 Å². The fraction of sp³-hybridized carbons (Fsp3) is 0.375. The predicted molar refractivity (Wildman–Crippen MR) is 120 cm³/mol. The number of ketones is 1. The monoisotopic (exact) mass is 440 g/mol. The Hall–Kier alpha value is -3.55. The molecule has 0 bridgehead atoms. The van der Waals surface area contributed by atoms with Gasteiger partial charge in [-0.15, -0.1) is 0 Å². The van der Waals surface area contributed by atoms with Crippen molar-refractivity contribution < 1.29 is 28.6 Å². The number of methoxy groups -OCH3 is 1. The van der Waals surface area contributed by atoms with Gasteiger partial charge in [-0.2, -0.15) is 0 Å². The van der Waals surface area contributed by atoms with E-state index < -0.39 is 0 Å². The standard InChI is InChI=1S/C24H28N2O6/c1-16(2)25-23(28)8-5-11-26-20-12-17(9-10-22(20)32-15-24(26)29)21(27)14-31-19-7-4-6-18(13-19)30-3/h4,6-7,9-10,12-13,16H,5,8,11,14-15H2,1-3H3,(H,25,28). The van der Waals surface area contributed by atoms with Crippen molar-refractivity contribution in [2.24, 2.45) is 0 Å². The van der Waals surface area contributed by atoms with E-state index in [1.807, 2.05) is 13.8 Å². The number of anilines is 1. The fourth-order valence-electron chi connectivity index (χ4n) is 3.34. The largest absolute Gasteiger partial charge is 0.497 e. The van der Waals surface area contributed by atoms with E-state index in [1.54, 1.807) is 54.5 Å². The van der Waals surface area contributed by atoms with Crippen molar-refractivity contribution in [3.05, 3.63) is 48.0 Å². The molecule has 1 aliphatic heterocycles. The average Bonchev–Trinajstić information content (AvgIpc) is 2.78. The molecule has 2 amide bonds. The number of ether oxygens (including phenoxy) is 3. The Kier molecular flexibility index (Phi) is 7.70. The summed E-state index contributed by atoms with van der Waals surface area (Å²) < 4.78 is 16.3. The number of carbonyl (C=O) groups excluding carboxylic acids is 3. The zero-order chi connectivity index (χ0) is 23.1. The molecule has 2 aromatic carbocycles. The number of amides is 2. The lowest BCUT2D eigenvalue weighted by Crippen LogP contribution is -2.40. The summed E-state index contributed by atoms with van der Waals surface area (Å²) in [5.41, 5.74) is 0.935. The highest BCUT2D eigenvalue weighted by atomic mass is 16.5. The molecule has 8 heteroatoms. The van der Waals surface area contributed by atoms with Crippen LogP contribution in [0, 0.1) is 0 Å². The molecule has 1 heterocycles. The molecule has 0 saturated heterocycles. The average molecular weight is 440 g/mol. The van der Waals surface area contributed by atoms with E-state index in [0.717, 1.165) is 0 Å². The highest BCUT2D eigenvalue weighted by molar-refractivity contribution is 6.02. The molecule has 0 atom stereocenters. The second-order valence-corrected chi connectivity index (χ2v) is 7.73. The van der Waals surface area contributed by atoms with Crippen LogP contribution in [0.1, 0.15) is 37.0 Å². The van der Waals surface area contributed by atoms with E-state index in [-0.39, 0.29) is 36.9 Å². The summed E-state index contributed by atoms with van der Waals surface area (Å²) in [5, 5.41) is 2.84. The second kappa shape index (κ2) is 10.7. The first-order chi connectivity index (χ1) is 15.4. The Morgan fingerprint density at radius 2 is 1.94 bits per heavy atom. The van der Waals surface area contributed by atoms with Crippen molar-refractivity contribution in [1.82, 2.24) is 5.32 Å². The molecule has 2 aromatic rings. The summed E-state index contributed by atoms with van der Waals surface area (Å²) in [7, 11) is 1.56. The van der Waals surface area contributed by atoms with Crippen LogP contribution in [0.3, 0.4) is 0 Å². The summed E-state index contributed by atoms with van der Waals surface area (Å²) >= 11 is 0. The van der Waals surface area contributed by atoms with E-state index in [4.69, 9.17) is 14.2 Å². The number of carbonyl (C=O) groups is 3. The normalized spacial score (nSPS) is 12.8. The SMILES string of the molecule is COc1cccc(OCC(=O)c2ccc3c(c2)N(CCCC(=O)NC(C)C)C(=O)CO3)c1. The Labute approximate surface area is 187 Å². The molecule has 8 nitrogen and oxygen atoms in total. The molecule has 1 aliphatic rings. The molecule has 0 radical (unpaired) electrons. The molecule has 0 spiro atoms. The number of fused-ring (bicyclic) bond motifs is 1. The molecular weight excluding hydrogens is 412 g/mol. The van der Waals surface area contributed by atoms with Crippen molar-refractivity contribution in [3.8, 4) is 17.2 Å².